The number of rotatable bonds is 6. The Hall–Kier alpha value is -0.210. The summed E-state index contributed by atoms with van der Waals surface area (Å²) in [5, 5.41) is 4.38. The van der Waals surface area contributed by atoms with Crippen molar-refractivity contribution in [3.05, 3.63) is 27.7 Å². The van der Waals surface area contributed by atoms with Crippen molar-refractivity contribution in [2.75, 3.05) is 5.32 Å². The van der Waals surface area contributed by atoms with Gasteiger partial charge in [0, 0.05) is 16.2 Å². The predicted molar refractivity (Wildman–Crippen MR) is 85.5 cm³/mol. The highest BCUT2D eigenvalue weighted by atomic mass is 79.9. The van der Waals surface area contributed by atoms with Gasteiger partial charge >= 0.3 is 0 Å². The zero-order valence-corrected chi connectivity index (χ0v) is 14.0. The summed E-state index contributed by atoms with van der Waals surface area (Å²) in [5.41, 5.74) is 1.14. The van der Waals surface area contributed by atoms with Gasteiger partial charge in [0.15, 0.2) is 0 Å². The molecule has 1 aromatic carbocycles. The molecule has 1 rings (SSSR count). The first-order valence-electron chi connectivity index (χ1n) is 6.60. The largest absolute Gasteiger partial charge is 0.382 e. The zero-order chi connectivity index (χ0) is 13.7. The van der Waals surface area contributed by atoms with Crippen LogP contribution in [0.2, 0.25) is 5.02 Å². The van der Waals surface area contributed by atoms with E-state index in [1.807, 2.05) is 12.1 Å². The molecular formula is C15H23BrClN. The monoisotopic (exact) mass is 331 g/mol. The number of halogens is 2. The Morgan fingerprint density at radius 3 is 2.11 bits per heavy atom. The third-order valence-electron chi connectivity index (χ3n) is 2.80. The molecule has 0 unspecified atom stereocenters. The minimum atomic E-state index is 0.526. The van der Waals surface area contributed by atoms with Gasteiger partial charge in [0.25, 0.3) is 0 Å². The van der Waals surface area contributed by atoms with Crippen LogP contribution < -0.4 is 5.32 Å². The standard InChI is InChI=1S/C15H23BrClN/c1-10(2)7-13(8-11(3)4)18-12-5-6-15(17)14(16)9-12/h5-6,9-11,13,18H,7-8H2,1-4H3. The molecule has 0 saturated carbocycles. The van der Waals surface area contributed by atoms with Gasteiger partial charge in [-0.2, -0.15) is 0 Å². The molecule has 3 heteroatoms. The highest BCUT2D eigenvalue weighted by Crippen LogP contribution is 2.27. The number of hydrogen-bond acceptors (Lipinski definition) is 1. The molecule has 0 aliphatic carbocycles. The van der Waals surface area contributed by atoms with Gasteiger partial charge in [-0.1, -0.05) is 39.3 Å². The van der Waals surface area contributed by atoms with Gasteiger partial charge < -0.3 is 5.32 Å². The zero-order valence-electron chi connectivity index (χ0n) is 11.6. The molecule has 0 amide bonds. The first-order chi connectivity index (χ1) is 8.38. The van der Waals surface area contributed by atoms with Crippen LogP contribution in [0.15, 0.2) is 22.7 Å². The second-order valence-corrected chi connectivity index (χ2v) is 6.99. The number of benzene rings is 1. The molecule has 1 N–H and O–H groups in total. The maximum absolute atomic E-state index is 6.01. The van der Waals surface area contributed by atoms with E-state index in [0.717, 1.165) is 15.2 Å². The molecule has 0 heterocycles. The quantitative estimate of drug-likeness (QED) is 0.676. The Bertz CT molecular complexity index is 367. The summed E-state index contributed by atoms with van der Waals surface area (Å²) in [4.78, 5) is 0. The number of hydrogen-bond donors (Lipinski definition) is 1. The lowest BCUT2D eigenvalue weighted by Crippen LogP contribution is -2.23. The minimum Gasteiger partial charge on any atom is -0.382 e. The van der Waals surface area contributed by atoms with Crippen LogP contribution >= 0.6 is 27.5 Å². The minimum absolute atomic E-state index is 0.526. The van der Waals surface area contributed by atoms with Crippen LogP contribution in [0.5, 0.6) is 0 Å². The van der Waals surface area contributed by atoms with Crippen molar-refractivity contribution in [1.29, 1.82) is 0 Å². The van der Waals surface area contributed by atoms with Crippen molar-refractivity contribution in [3.63, 3.8) is 0 Å². The first kappa shape index (κ1) is 15.8. The molecule has 0 atom stereocenters. The fraction of sp³-hybridized carbons (Fsp3) is 0.600. The van der Waals surface area contributed by atoms with Crippen molar-refractivity contribution in [3.8, 4) is 0 Å². The maximum Gasteiger partial charge on any atom is 0.0549 e. The van der Waals surface area contributed by atoms with Gasteiger partial charge in [-0.25, -0.2) is 0 Å². The Morgan fingerprint density at radius 1 is 1.11 bits per heavy atom. The maximum atomic E-state index is 6.01. The van der Waals surface area contributed by atoms with E-state index in [0.29, 0.717) is 17.9 Å². The van der Waals surface area contributed by atoms with E-state index in [1.165, 1.54) is 12.8 Å². The van der Waals surface area contributed by atoms with E-state index in [4.69, 9.17) is 11.6 Å². The Morgan fingerprint density at radius 2 is 1.67 bits per heavy atom. The van der Waals surface area contributed by atoms with E-state index in [9.17, 15) is 0 Å². The van der Waals surface area contributed by atoms with Crippen LogP contribution in [-0.4, -0.2) is 6.04 Å². The average molecular weight is 333 g/mol. The van der Waals surface area contributed by atoms with E-state index in [1.54, 1.807) is 0 Å². The van der Waals surface area contributed by atoms with Gasteiger partial charge in [-0.05, 0) is 58.8 Å². The SMILES string of the molecule is CC(C)CC(CC(C)C)Nc1ccc(Cl)c(Br)c1. The van der Waals surface area contributed by atoms with Crippen LogP contribution in [0, 0.1) is 11.8 Å². The van der Waals surface area contributed by atoms with Crippen LogP contribution in [0.4, 0.5) is 5.69 Å². The third-order valence-corrected chi connectivity index (χ3v) is 4.02. The van der Waals surface area contributed by atoms with Gasteiger partial charge in [-0.15, -0.1) is 0 Å². The van der Waals surface area contributed by atoms with E-state index in [-0.39, 0.29) is 0 Å². The highest BCUT2D eigenvalue weighted by molar-refractivity contribution is 9.10. The topological polar surface area (TPSA) is 12.0 Å². The van der Waals surface area contributed by atoms with Crippen molar-refractivity contribution in [2.45, 2.75) is 46.6 Å². The van der Waals surface area contributed by atoms with E-state index >= 15 is 0 Å². The first-order valence-corrected chi connectivity index (χ1v) is 7.77. The second-order valence-electron chi connectivity index (χ2n) is 5.73. The molecule has 0 aliphatic heterocycles. The summed E-state index contributed by atoms with van der Waals surface area (Å²) in [6.07, 6.45) is 2.39. The molecule has 18 heavy (non-hydrogen) atoms. The molecule has 0 radical (unpaired) electrons. The lowest BCUT2D eigenvalue weighted by molar-refractivity contribution is 0.442. The van der Waals surface area contributed by atoms with Gasteiger partial charge in [-0.3, -0.25) is 0 Å². The molecule has 1 aromatic rings. The van der Waals surface area contributed by atoms with Crippen molar-refractivity contribution < 1.29 is 0 Å². The van der Waals surface area contributed by atoms with Crippen LogP contribution in [-0.2, 0) is 0 Å². The molecular weight excluding hydrogens is 310 g/mol. The highest BCUT2D eigenvalue weighted by Gasteiger charge is 2.13. The fourth-order valence-corrected chi connectivity index (χ4v) is 2.67. The molecule has 0 fully saturated rings. The lowest BCUT2D eigenvalue weighted by Gasteiger charge is -2.23. The summed E-state index contributed by atoms with van der Waals surface area (Å²) in [7, 11) is 0. The second kappa shape index (κ2) is 7.40. The van der Waals surface area contributed by atoms with E-state index in [2.05, 4.69) is 55.0 Å². The molecule has 0 spiro atoms. The summed E-state index contributed by atoms with van der Waals surface area (Å²) in [6, 6.07) is 6.55. The molecule has 0 saturated heterocycles. The fourth-order valence-electron chi connectivity index (χ4n) is 2.17. The van der Waals surface area contributed by atoms with Gasteiger partial charge in [0.2, 0.25) is 0 Å². The third kappa shape index (κ3) is 5.62. The van der Waals surface area contributed by atoms with Crippen LogP contribution in [0.25, 0.3) is 0 Å². The Kier molecular flexibility index (Phi) is 6.51. The molecule has 0 aliphatic rings. The molecule has 0 bridgehead atoms. The lowest BCUT2D eigenvalue weighted by atomic mass is 9.95. The summed E-state index contributed by atoms with van der Waals surface area (Å²) >= 11 is 9.48. The number of anilines is 1. The summed E-state index contributed by atoms with van der Waals surface area (Å²) < 4.78 is 0.946. The molecule has 102 valence electrons. The predicted octanol–water partition coefficient (Wildman–Crippen LogP) is 5.98. The van der Waals surface area contributed by atoms with Crippen LogP contribution in [0.3, 0.4) is 0 Å². The molecule has 1 nitrogen and oxygen atoms in total. The van der Waals surface area contributed by atoms with Gasteiger partial charge in [0.05, 0.1) is 5.02 Å². The van der Waals surface area contributed by atoms with Crippen molar-refractivity contribution >= 4 is 33.2 Å². The van der Waals surface area contributed by atoms with Crippen molar-refractivity contribution in [2.24, 2.45) is 11.8 Å². The summed E-state index contributed by atoms with van der Waals surface area (Å²) in [6.45, 7) is 9.08. The smallest absolute Gasteiger partial charge is 0.0549 e. The van der Waals surface area contributed by atoms with Crippen LogP contribution in [0.1, 0.15) is 40.5 Å². The normalized spacial score (nSPS) is 11.6. The Balaban J connectivity index is 2.71. The number of nitrogens with one attached hydrogen (secondary N) is 1. The van der Waals surface area contributed by atoms with Gasteiger partial charge in [0.1, 0.15) is 0 Å². The Labute approximate surface area is 124 Å². The van der Waals surface area contributed by atoms with E-state index < -0.39 is 0 Å². The van der Waals surface area contributed by atoms with Crippen molar-refractivity contribution in [1.82, 2.24) is 0 Å². The summed E-state index contributed by atoms with van der Waals surface area (Å²) in [5.74, 6) is 1.41. The molecule has 0 aromatic heterocycles. The average Bonchev–Trinajstić information content (AvgIpc) is 2.21.